The summed E-state index contributed by atoms with van der Waals surface area (Å²) in [5.41, 5.74) is 0. The molecule has 90 valence electrons. The van der Waals surface area contributed by atoms with Crippen molar-refractivity contribution in [2.45, 2.75) is 31.8 Å². The maximum atomic E-state index is 11.0. The molecule has 5 heteroatoms. The van der Waals surface area contributed by atoms with Gasteiger partial charge in [0.2, 0.25) is 5.91 Å². The van der Waals surface area contributed by atoms with E-state index in [9.17, 15) is 4.79 Å². The number of hydrogen-bond donors (Lipinski definition) is 2. The molecule has 0 aromatic heterocycles. The number of carbonyl (C=O) groups excluding carboxylic acids is 1. The Morgan fingerprint density at radius 2 is 2.07 bits per heavy atom. The van der Waals surface area contributed by atoms with Crippen LogP contribution in [-0.4, -0.2) is 38.8 Å². The van der Waals surface area contributed by atoms with Crippen molar-refractivity contribution in [2.75, 3.05) is 26.7 Å². The molecule has 0 spiro atoms. The summed E-state index contributed by atoms with van der Waals surface area (Å²) in [5, 5.41) is 5.58. The summed E-state index contributed by atoms with van der Waals surface area (Å²) in [6.45, 7) is 1.64. The van der Waals surface area contributed by atoms with Crippen LogP contribution in [0.5, 0.6) is 0 Å². The van der Waals surface area contributed by atoms with Crippen LogP contribution in [0.1, 0.15) is 25.7 Å². The molecule has 0 radical (unpaired) electrons. The summed E-state index contributed by atoms with van der Waals surface area (Å²) < 4.78 is 5.60. The zero-order valence-electron chi connectivity index (χ0n) is 9.25. The van der Waals surface area contributed by atoms with E-state index in [1.54, 1.807) is 7.05 Å². The highest BCUT2D eigenvalue weighted by Gasteiger charge is 2.14. The normalized spacial score (nSPS) is 16.1. The van der Waals surface area contributed by atoms with E-state index in [0.717, 1.165) is 0 Å². The van der Waals surface area contributed by atoms with E-state index in [-0.39, 0.29) is 18.3 Å². The van der Waals surface area contributed by atoms with Crippen molar-refractivity contribution in [2.24, 2.45) is 0 Å². The SMILES string of the molecule is CNCC(=O)NCCOC1CCCC1.Cl. The average molecular weight is 237 g/mol. The molecule has 4 nitrogen and oxygen atoms in total. The zero-order valence-corrected chi connectivity index (χ0v) is 10.1. The van der Waals surface area contributed by atoms with Gasteiger partial charge in [0.05, 0.1) is 19.3 Å². The Hall–Kier alpha value is -0.320. The molecule has 0 unspecified atom stereocenters. The first-order chi connectivity index (χ1) is 6.83. The average Bonchev–Trinajstić information content (AvgIpc) is 2.65. The highest BCUT2D eigenvalue weighted by molar-refractivity contribution is 5.85. The van der Waals surface area contributed by atoms with Crippen LogP contribution in [0.4, 0.5) is 0 Å². The predicted octanol–water partition coefficient (Wildman–Crippen LogP) is 0.703. The molecule has 0 saturated heterocycles. The van der Waals surface area contributed by atoms with Gasteiger partial charge in [0.1, 0.15) is 0 Å². The fourth-order valence-electron chi connectivity index (χ4n) is 1.69. The first kappa shape index (κ1) is 14.7. The molecule has 1 aliphatic rings. The molecule has 1 aliphatic carbocycles. The number of ether oxygens (including phenoxy) is 1. The third kappa shape index (κ3) is 6.71. The fourth-order valence-corrected chi connectivity index (χ4v) is 1.69. The smallest absolute Gasteiger partial charge is 0.234 e. The zero-order chi connectivity index (χ0) is 10.2. The molecule has 0 bridgehead atoms. The van der Waals surface area contributed by atoms with Gasteiger partial charge >= 0.3 is 0 Å². The van der Waals surface area contributed by atoms with E-state index in [4.69, 9.17) is 4.74 Å². The maximum Gasteiger partial charge on any atom is 0.234 e. The molecule has 0 aromatic rings. The molecule has 0 aromatic carbocycles. The lowest BCUT2D eigenvalue weighted by molar-refractivity contribution is -0.120. The number of nitrogens with one attached hydrogen (secondary N) is 2. The van der Waals surface area contributed by atoms with Gasteiger partial charge in [-0.15, -0.1) is 12.4 Å². The van der Waals surface area contributed by atoms with Crippen molar-refractivity contribution in [1.82, 2.24) is 10.6 Å². The Labute approximate surface area is 97.5 Å². The number of likely N-dealkylation sites (N-methyl/N-ethyl adjacent to an activating group) is 1. The van der Waals surface area contributed by atoms with E-state index in [1.807, 2.05) is 0 Å². The van der Waals surface area contributed by atoms with Gasteiger partial charge in [-0.2, -0.15) is 0 Å². The van der Waals surface area contributed by atoms with Crippen LogP contribution < -0.4 is 10.6 Å². The second-order valence-electron chi connectivity index (χ2n) is 3.66. The minimum absolute atomic E-state index is 0. The first-order valence-electron chi connectivity index (χ1n) is 5.36. The summed E-state index contributed by atoms with van der Waals surface area (Å²) in [4.78, 5) is 11.0. The van der Waals surface area contributed by atoms with Crippen molar-refractivity contribution < 1.29 is 9.53 Å². The van der Waals surface area contributed by atoms with E-state index in [2.05, 4.69) is 10.6 Å². The minimum Gasteiger partial charge on any atom is -0.376 e. The number of hydrogen-bond acceptors (Lipinski definition) is 3. The topological polar surface area (TPSA) is 50.4 Å². The maximum absolute atomic E-state index is 11.0. The van der Waals surface area contributed by atoms with Crippen LogP contribution in [0.3, 0.4) is 0 Å². The molecule has 0 heterocycles. The molecule has 2 N–H and O–H groups in total. The molecule has 0 atom stereocenters. The van der Waals surface area contributed by atoms with Gasteiger partial charge in [-0.05, 0) is 19.9 Å². The van der Waals surface area contributed by atoms with Gasteiger partial charge in [0, 0.05) is 6.54 Å². The summed E-state index contributed by atoms with van der Waals surface area (Å²) in [6.07, 6.45) is 5.39. The Morgan fingerprint density at radius 1 is 1.40 bits per heavy atom. The van der Waals surface area contributed by atoms with Gasteiger partial charge in [-0.3, -0.25) is 4.79 Å². The van der Waals surface area contributed by atoms with Gasteiger partial charge < -0.3 is 15.4 Å². The number of rotatable bonds is 6. The summed E-state index contributed by atoms with van der Waals surface area (Å²) in [6, 6.07) is 0. The highest BCUT2D eigenvalue weighted by atomic mass is 35.5. The molecule has 0 aliphatic heterocycles. The number of halogens is 1. The Morgan fingerprint density at radius 3 is 2.67 bits per heavy atom. The van der Waals surface area contributed by atoms with E-state index >= 15 is 0 Å². The third-order valence-electron chi connectivity index (χ3n) is 2.42. The van der Waals surface area contributed by atoms with Crippen LogP contribution in [0.2, 0.25) is 0 Å². The van der Waals surface area contributed by atoms with Crippen molar-refractivity contribution in [3.63, 3.8) is 0 Å². The summed E-state index contributed by atoms with van der Waals surface area (Å²) in [5.74, 6) is 0.0301. The Bertz CT molecular complexity index is 173. The standard InChI is InChI=1S/C10H20N2O2.ClH/c1-11-8-10(13)12-6-7-14-9-4-2-3-5-9;/h9,11H,2-8H2,1H3,(H,12,13);1H. The van der Waals surface area contributed by atoms with E-state index in [0.29, 0.717) is 25.8 Å². The van der Waals surface area contributed by atoms with Gasteiger partial charge in [-0.25, -0.2) is 0 Å². The third-order valence-corrected chi connectivity index (χ3v) is 2.42. The minimum atomic E-state index is 0. The van der Waals surface area contributed by atoms with Crippen LogP contribution in [0.15, 0.2) is 0 Å². The number of carbonyl (C=O) groups is 1. The highest BCUT2D eigenvalue weighted by Crippen LogP contribution is 2.20. The quantitative estimate of drug-likeness (QED) is 0.668. The predicted molar refractivity (Wildman–Crippen MR) is 62.4 cm³/mol. The van der Waals surface area contributed by atoms with Gasteiger partial charge in [0.25, 0.3) is 0 Å². The van der Waals surface area contributed by atoms with Crippen molar-refractivity contribution >= 4 is 18.3 Å². The molecular formula is C10H21ClN2O2. The molecule has 1 saturated carbocycles. The number of amides is 1. The largest absolute Gasteiger partial charge is 0.376 e. The molecule has 1 fully saturated rings. The Kier molecular flexibility index (Phi) is 8.76. The lowest BCUT2D eigenvalue weighted by Gasteiger charge is -2.11. The fraction of sp³-hybridized carbons (Fsp3) is 0.900. The van der Waals surface area contributed by atoms with Crippen LogP contribution >= 0.6 is 12.4 Å². The first-order valence-corrected chi connectivity index (χ1v) is 5.36. The second-order valence-corrected chi connectivity index (χ2v) is 3.66. The van der Waals surface area contributed by atoms with Crippen LogP contribution in [0, 0.1) is 0 Å². The van der Waals surface area contributed by atoms with Gasteiger partial charge in [0.15, 0.2) is 0 Å². The van der Waals surface area contributed by atoms with E-state index < -0.39 is 0 Å². The van der Waals surface area contributed by atoms with Crippen LogP contribution in [-0.2, 0) is 9.53 Å². The summed E-state index contributed by atoms with van der Waals surface area (Å²) in [7, 11) is 1.76. The molecule has 1 amide bonds. The monoisotopic (exact) mass is 236 g/mol. The van der Waals surface area contributed by atoms with Crippen LogP contribution in [0.25, 0.3) is 0 Å². The second kappa shape index (κ2) is 8.95. The lowest BCUT2D eigenvalue weighted by atomic mass is 10.3. The van der Waals surface area contributed by atoms with Crippen molar-refractivity contribution in [1.29, 1.82) is 0 Å². The molecule has 15 heavy (non-hydrogen) atoms. The van der Waals surface area contributed by atoms with E-state index in [1.165, 1.54) is 25.7 Å². The molecular weight excluding hydrogens is 216 g/mol. The molecule has 1 rings (SSSR count). The lowest BCUT2D eigenvalue weighted by Crippen LogP contribution is -2.34. The summed E-state index contributed by atoms with van der Waals surface area (Å²) >= 11 is 0. The van der Waals surface area contributed by atoms with Gasteiger partial charge in [-0.1, -0.05) is 12.8 Å². The van der Waals surface area contributed by atoms with Crippen molar-refractivity contribution in [3.05, 3.63) is 0 Å². The Balaban J connectivity index is 0.00000196. The van der Waals surface area contributed by atoms with Crippen molar-refractivity contribution in [3.8, 4) is 0 Å².